The molecule has 3 rings (SSSR count). The molecule has 1 N–H and O–H groups in total. The molecule has 1 aliphatic rings. The van der Waals surface area contributed by atoms with Gasteiger partial charge in [-0.25, -0.2) is 9.29 Å². The number of aryl methyl sites for hydroxylation is 1. The summed E-state index contributed by atoms with van der Waals surface area (Å²) in [5, 5.41) is 2.68. The van der Waals surface area contributed by atoms with Gasteiger partial charge in [0.15, 0.2) is 0 Å². The van der Waals surface area contributed by atoms with Crippen LogP contribution in [0.3, 0.4) is 0 Å². The van der Waals surface area contributed by atoms with E-state index < -0.39 is 17.6 Å². The summed E-state index contributed by atoms with van der Waals surface area (Å²) < 4.78 is 19.1. The van der Waals surface area contributed by atoms with E-state index in [0.717, 1.165) is 4.90 Å². The molecule has 1 heterocycles. The van der Waals surface area contributed by atoms with Gasteiger partial charge in [-0.3, -0.25) is 9.59 Å². The van der Waals surface area contributed by atoms with Crippen LogP contribution >= 0.6 is 23.2 Å². The lowest BCUT2D eigenvalue weighted by Gasteiger charge is -2.19. The molecule has 8 heteroatoms. The van der Waals surface area contributed by atoms with Gasteiger partial charge in [0, 0.05) is 11.1 Å². The summed E-state index contributed by atoms with van der Waals surface area (Å²) in [6.45, 7) is 1.73. The molecule has 1 aliphatic heterocycles. The normalized spacial score (nSPS) is 14.3. The lowest BCUT2D eigenvalue weighted by atomic mass is 10.2. The Hall–Kier alpha value is -2.57. The Morgan fingerprint density at radius 1 is 1.12 bits per heavy atom. The molecule has 0 spiro atoms. The molecule has 2 amide bonds. The van der Waals surface area contributed by atoms with Gasteiger partial charge in [0.05, 0.1) is 18.5 Å². The SMILES string of the molecule is COc1cc(Cl)c(C)cc1N1C(=O)C(Cl)=C(Nc2ccccc2F)C1=O. The monoisotopic (exact) mass is 394 g/mol. The van der Waals surface area contributed by atoms with Crippen LogP contribution in [0.2, 0.25) is 5.02 Å². The third kappa shape index (κ3) is 3.02. The number of para-hydroxylation sites is 1. The molecule has 26 heavy (non-hydrogen) atoms. The molecular formula is C18H13Cl2FN2O3. The van der Waals surface area contributed by atoms with Gasteiger partial charge < -0.3 is 10.1 Å². The molecule has 0 aliphatic carbocycles. The van der Waals surface area contributed by atoms with Gasteiger partial charge in [0.25, 0.3) is 11.8 Å². The van der Waals surface area contributed by atoms with Crippen molar-refractivity contribution in [3.05, 3.63) is 63.5 Å². The quantitative estimate of drug-likeness (QED) is 0.788. The predicted molar refractivity (Wildman–Crippen MR) is 98.1 cm³/mol. The number of amides is 2. The zero-order valence-electron chi connectivity index (χ0n) is 13.8. The Labute approximate surface area is 159 Å². The van der Waals surface area contributed by atoms with E-state index in [2.05, 4.69) is 5.32 Å². The number of imide groups is 1. The van der Waals surface area contributed by atoms with E-state index in [-0.39, 0.29) is 27.9 Å². The van der Waals surface area contributed by atoms with E-state index in [0.29, 0.717) is 10.6 Å². The van der Waals surface area contributed by atoms with Crippen LogP contribution in [-0.2, 0) is 9.59 Å². The van der Waals surface area contributed by atoms with Gasteiger partial charge in [-0.1, -0.05) is 35.3 Å². The Balaban J connectivity index is 2.02. The molecule has 0 saturated carbocycles. The van der Waals surface area contributed by atoms with Crippen molar-refractivity contribution in [2.75, 3.05) is 17.3 Å². The second-order valence-corrected chi connectivity index (χ2v) is 6.30. The predicted octanol–water partition coefficient (Wildman–Crippen LogP) is 4.23. The summed E-state index contributed by atoms with van der Waals surface area (Å²) in [5.41, 5.74) is 0.668. The second-order valence-electron chi connectivity index (χ2n) is 5.51. The molecule has 0 aromatic heterocycles. The Morgan fingerprint density at radius 2 is 1.81 bits per heavy atom. The molecular weight excluding hydrogens is 382 g/mol. The molecule has 0 saturated heterocycles. The summed E-state index contributed by atoms with van der Waals surface area (Å²) in [6, 6.07) is 8.80. The van der Waals surface area contributed by atoms with E-state index in [1.165, 1.54) is 31.4 Å². The molecule has 0 fully saturated rings. The number of carbonyl (C=O) groups excluding carboxylic acids is 2. The first-order valence-corrected chi connectivity index (χ1v) is 8.25. The van der Waals surface area contributed by atoms with E-state index in [4.69, 9.17) is 27.9 Å². The number of ether oxygens (including phenoxy) is 1. The van der Waals surface area contributed by atoms with E-state index in [1.54, 1.807) is 19.1 Å². The minimum Gasteiger partial charge on any atom is -0.494 e. The number of nitrogens with zero attached hydrogens (tertiary/aromatic N) is 1. The number of anilines is 2. The van der Waals surface area contributed by atoms with Crippen molar-refractivity contribution in [1.29, 1.82) is 0 Å². The minimum atomic E-state index is -0.740. The van der Waals surface area contributed by atoms with Gasteiger partial charge in [-0.15, -0.1) is 0 Å². The standard InChI is InChI=1S/C18H13Cl2FN2O3/c1-9-7-13(14(26-2)8-10(9)19)23-17(24)15(20)16(18(23)25)22-12-6-4-3-5-11(12)21/h3-8,22H,1-2H3. The average molecular weight is 395 g/mol. The highest BCUT2D eigenvalue weighted by atomic mass is 35.5. The van der Waals surface area contributed by atoms with Crippen molar-refractivity contribution in [2.45, 2.75) is 6.92 Å². The highest BCUT2D eigenvalue weighted by Crippen LogP contribution is 2.38. The molecule has 5 nitrogen and oxygen atoms in total. The number of benzene rings is 2. The molecule has 0 bridgehead atoms. The smallest absolute Gasteiger partial charge is 0.283 e. The number of carbonyl (C=O) groups is 2. The van der Waals surface area contributed by atoms with Gasteiger partial charge in [0.1, 0.15) is 22.3 Å². The van der Waals surface area contributed by atoms with Gasteiger partial charge in [0.2, 0.25) is 0 Å². The van der Waals surface area contributed by atoms with Crippen LogP contribution in [0, 0.1) is 12.7 Å². The molecule has 134 valence electrons. The fourth-order valence-electron chi connectivity index (χ4n) is 2.51. The maximum Gasteiger partial charge on any atom is 0.283 e. The van der Waals surface area contributed by atoms with Crippen molar-refractivity contribution in [3.8, 4) is 5.75 Å². The first kappa shape index (κ1) is 18.2. The minimum absolute atomic E-state index is 0.0305. The van der Waals surface area contributed by atoms with Gasteiger partial charge >= 0.3 is 0 Å². The van der Waals surface area contributed by atoms with Crippen molar-refractivity contribution in [3.63, 3.8) is 0 Å². The largest absolute Gasteiger partial charge is 0.494 e. The highest BCUT2D eigenvalue weighted by molar-refractivity contribution is 6.53. The molecule has 0 radical (unpaired) electrons. The van der Waals surface area contributed by atoms with Gasteiger partial charge in [-0.2, -0.15) is 0 Å². The third-order valence-electron chi connectivity index (χ3n) is 3.86. The van der Waals surface area contributed by atoms with Crippen LogP contribution in [0.15, 0.2) is 47.1 Å². The maximum absolute atomic E-state index is 13.9. The summed E-state index contributed by atoms with van der Waals surface area (Å²) in [5.74, 6) is -1.80. The number of halogens is 3. The van der Waals surface area contributed by atoms with E-state index in [1.807, 2.05) is 0 Å². The number of nitrogens with one attached hydrogen (secondary N) is 1. The van der Waals surface area contributed by atoms with E-state index in [9.17, 15) is 14.0 Å². The number of hydrogen-bond acceptors (Lipinski definition) is 4. The maximum atomic E-state index is 13.9. The highest BCUT2D eigenvalue weighted by Gasteiger charge is 2.40. The number of hydrogen-bond donors (Lipinski definition) is 1. The molecule has 0 unspecified atom stereocenters. The summed E-state index contributed by atoms with van der Waals surface area (Å²) in [7, 11) is 1.39. The average Bonchev–Trinajstić information content (AvgIpc) is 2.82. The topological polar surface area (TPSA) is 58.6 Å². The van der Waals surface area contributed by atoms with Crippen LogP contribution in [0.25, 0.3) is 0 Å². The third-order valence-corrected chi connectivity index (χ3v) is 4.62. The van der Waals surface area contributed by atoms with Crippen LogP contribution in [0.4, 0.5) is 15.8 Å². The Morgan fingerprint density at radius 3 is 2.46 bits per heavy atom. The van der Waals surface area contributed by atoms with Crippen molar-refractivity contribution in [2.24, 2.45) is 0 Å². The molecule has 0 atom stereocenters. The fourth-order valence-corrected chi connectivity index (χ4v) is 2.88. The van der Waals surface area contributed by atoms with Crippen LogP contribution in [-0.4, -0.2) is 18.9 Å². The molecule has 2 aromatic rings. The van der Waals surface area contributed by atoms with Crippen LogP contribution < -0.4 is 15.0 Å². The second kappa shape index (κ2) is 6.97. The zero-order valence-corrected chi connectivity index (χ0v) is 15.3. The lowest BCUT2D eigenvalue weighted by Crippen LogP contribution is -2.32. The summed E-state index contributed by atoms with van der Waals surface area (Å²) in [6.07, 6.45) is 0. The first-order valence-electron chi connectivity index (χ1n) is 7.49. The van der Waals surface area contributed by atoms with Crippen molar-refractivity contribution < 1.29 is 18.7 Å². The Kier molecular flexibility index (Phi) is 4.89. The Bertz CT molecular complexity index is 959. The molecule has 2 aromatic carbocycles. The van der Waals surface area contributed by atoms with Gasteiger partial charge in [-0.05, 0) is 30.7 Å². The summed E-state index contributed by atoms with van der Waals surface area (Å²) >= 11 is 12.1. The first-order chi connectivity index (χ1) is 12.3. The van der Waals surface area contributed by atoms with Crippen molar-refractivity contribution in [1.82, 2.24) is 0 Å². The fraction of sp³-hybridized carbons (Fsp3) is 0.111. The van der Waals surface area contributed by atoms with Crippen LogP contribution in [0.5, 0.6) is 5.75 Å². The zero-order chi connectivity index (χ0) is 19.0. The van der Waals surface area contributed by atoms with Crippen LogP contribution in [0.1, 0.15) is 5.56 Å². The summed E-state index contributed by atoms with van der Waals surface area (Å²) in [4.78, 5) is 26.2. The number of rotatable bonds is 4. The van der Waals surface area contributed by atoms with Crippen molar-refractivity contribution >= 4 is 46.4 Å². The lowest BCUT2D eigenvalue weighted by molar-refractivity contribution is -0.120. The van der Waals surface area contributed by atoms with E-state index >= 15 is 0 Å². The number of methoxy groups -OCH3 is 1.